The van der Waals surface area contributed by atoms with Gasteiger partial charge in [0, 0.05) is 12.7 Å². The van der Waals surface area contributed by atoms with E-state index in [4.69, 9.17) is 9.47 Å². The molecule has 130 valence electrons. The molecule has 6 heteroatoms. The van der Waals surface area contributed by atoms with Crippen molar-refractivity contribution in [2.75, 3.05) is 14.2 Å². The second-order valence-electron chi connectivity index (χ2n) is 5.83. The lowest BCUT2D eigenvalue weighted by atomic mass is 10.0. The van der Waals surface area contributed by atoms with E-state index in [0.29, 0.717) is 5.56 Å². The summed E-state index contributed by atoms with van der Waals surface area (Å²) in [5.74, 6) is 0.628. The van der Waals surface area contributed by atoms with Crippen molar-refractivity contribution in [3.05, 3.63) is 59.9 Å². The van der Waals surface area contributed by atoms with Crippen LogP contribution in [0.3, 0.4) is 0 Å². The Morgan fingerprint density at radius 3 is 2.60 bits per heavy atom. The number of rotatable bonds is 6. The minimum Gasteiger partial charge on any atom is -0.497 e. The van der Waals surface area contributed by atoms with Crippen LogP contribution in [0.1, 0.15) is 28.9 Å². The smallest absolute Gasteiger partial charge is 0.251 e. The molecule has 2 aromatic carbocycles. The molecular weight excluding hydrogens is 318 g/mol. The van der Waals surface area contributed by atoms with Crippen molar-refractivity contribution in [3.8, 4) is 5.75 Å². The molecule has 3 rings (SSSR count). The third-order valence-electron chi connectivity index (χ3n) is 4.19. The number of carbonyl (C=O) groups excluding carboxylic acids is 1. The van der Waals surface area contributed by atoms with Gasteiger partial charge in [0.25, 0.3) is 5.91 Å². The number of nitrogens with zero attached hydrogens (tertiary/aromatic N) is 1. The van der Waals surface area contributed by atoms with Crippen molar-refractivity contribution >= 4 is 16.9 Å². The van der Waals surface area contributed by atoms with Gasteiger partial charge in [0.15, 0.2) is 0 Å². The van der Waals surface area contributed by atoms with Gasteiger partial charge in [0.1, 0.15) is 11.9 Å². The van der Waals surface area contributed by atoms with Crippen molar-refractivity contribution in [2.45, 2.75) is 19.1 Å². The first-order chi connectivity index (χ1) is 12.1. The summed E-state index contributed by atoms with van der Waals surface area (Å²) in [7, 11) is 3.26. The number of ether oxygens (including phenoxy) is 2. The fourth-order valence-corrected chi connectivity index (χ4v) is 2.87. The lowest BCUT2D eigenvalue weighted by Gasteiger charge is -2.24. The third kappa shape index (κ3) is 3.64. The predicted molar refractivity (Wildman–Crippen MR) is 95.8 cm³/mol. The molecule has 0 radical (unpaired) electrons. The molecule has 2 atom stereocenters. The molecule has 0 spiro atoms. The molecule has 1 aromatic heterocycles. The van der Waals surface area contributed by atoms with E-state index in [1.165, 1.54) is 0 Å². The van der Waals surface area contributed by atoms with Gasteiger partial charge in [-0.05, 0) is 42.8 Å². The molecule has 0 fully saturated rings. The van der Waals surface area contributed by atoms with Gasteiger partial charge in [-0.25, -0.2) is 4.98 Å². The number of aromatic amines is 1. The zero-order valence-electron chi connectivity index (χ0n) is 14.4. The highest BCUT2D eigenvalue weighted by molar-refractivity contribution is 5.97. The summed E-state index contributed by atoms with van der Waals surface area (Å²) in [6.07, 6.45) is 1.35. The van der Waals surface area contributed by atoms with Crippen LogP contribution in [0.5, 0.6) is 5.75 Å². The average molecular weight is 339 g/mol. The normalized spacial score (nSPS) is 13.4. The van der Waals surface area contributed by atoms with Crippen molar-refractivity contribution in [1.82, 2.24) is 15.3 Å². The Morgan fingerprint density at radius 1 is 1.16 bits per heavy atom. The van der Waals surface area contributed by atoms with Crippen LogP contribution in [0.2, 0.25) is 0 Å². The standard InChI is InChI=1S/C19H21N3O3/c1-12(18(25-3)13-4-7-15(24-2)8-5-13)22-19(23)14-6-9-16-17(10-14)21-11-20-16/h4-12,18H,1-3H3,(H,20,21)(H,22,23). The number of hydrogen-bond acceptors (Lipinski definition) is 4. The Balaban J connectivity index is 1.73. The number of benzene rings is 2. The highest BCUT2D eigenvalue weighted by atomic mass is 16.5. The van der Waals surface area contributed by atoms with Crippen molar-refractivity contribution in [2.24, 2.45) is 0 Å². The monoisotopic (exact) mass is 339 g/mol. The number of H-pyrrole nitrogens is 1. The van der Waals surface area contributed by atoms with E-state index in [0.717, 1.165) is 22.3 Å². The van der Waals surface area contributed by atoms with Crippen LogP contribution in [0.25, 0.3) is 11.0 Å². The van der Waals surface area contributed by atoms with E-state index in [2.05, 4.69) is 15.3 Å². The Kier molecular flexibility index (Phi) is 5.00. The first-order valence-electron chi connectivity index (χ1n) is 8.03. The molecule has 1 amide bonds. The predicted octanol–water partition coefficient (Wildman–Crippen LogP) is 3.08. The van der Waals surface area contributed by atoms with Crippen LogP contribution < -0.4 is 10.1 Å². The van der Waals surface area contributed by atoms with Gasteiger partial charge in [-0.2, -0.15) is 0 Å². The maximum atomic E-state index is 12.6. The Hall–Kier alpha value is -2.86. The lowest BCUT2D eigenvalue weighted by molar-refractivity contribution is 0.0644. The number of hydrogen-bond donors (Lipinski definition) is 2. The van der Waals surface area contributed by atoms with Gasteiger partial charge < -0.3 is 19.8 Å². The first-order valence-corrected chi connectivity index (χ1v) is 8.03. The Bertz CT molecular complexity index is 858. The van der Waals surface area contributed by atoms with E-state index in [1.54, 1.807) is 32.7 Å². The van der Waals surface area contributed by atoms with Crippen LogP contribution in [-0.2, 0) is 4.74 Å². The van der Waals surface area contributed by atoms with Gasteiger partial charge in [0.2, 0.25) is 0 Å². The lowest BCUT2D eigenvalue weighted by Crippen LogP contribution is -2.37. The number of imidazole rings is 1. The van der Waals surface area contributed by atoms with Crippen molar-refractivity contribution in [1.29, 1.82) is 0 Å². The molecule has 2 N–H and O–H groups in total. The zero-order chi connectivity index (χ0) is 17.8. The van der Waals surface area contributed by atoms with Crippen molar-refractivity contribution in [3.63, 3.8) is 0 Å². The number of methoxy groups -OCH3 is 2. The molecular formula is C19H21N3O3. The summed E-state index contributed by atoms with van der Waals surface area (Å²) in [4.78, 5) is 19.7. The number of aromatic nitrogens is 2. The quantitative estimate of drug-likeness (QED) is 0.724. The van der Waals surface area contributed by atoms with Crippen LogP contribution in [0, 0.1) is 0 Å². The van der Waals surface area contributed by atoms with Crippen molar-refractivity contribution < 1.29 is 14.3 Å². The molecule has 0 aliphatic rings. The number of nitrogens with one attached hydrogen (secondary N) is 2. The summed E-state index contributed by atoms with van der Waals surface area (Å²) in [6, 6.07) is 12.8. The summed E-state index contributed by atoms with van der Waals surface area (Å²) in [5.41, 5.74) is 3.21. The molecule has 1 heterocycles. The molecule has 0 saturated heterocycles. The summed E-state index contributed by atoms with van der Waals surface area (Å²) in [6.45, 7) is 1.92. The summed E-state index contributed by atoms with van der Waals surface area (Å²) < 4.78 is 10.8. The molecule has 0 aliphatic carbocycles. The van der Waals surface area contributed by atoms with Crippen LogP contribution in [-0.4, -0.2) is 36.1 Å². The van der Waals surface area contributed by atoms with Gasteiger partial charge in [-0.15, -0.1) is 0 Å². The topological polar surface area (TPSA) is 76.2 Å². The fraction of sp³-hybridized carbons (Fsp3) is 0.263. The summed E-state index contributed by atoms with van der Waals surface area (Å²) >= 11 is 0. The molecule has 3 aromatic rings. The second kappa shape index (κ2) is 7.36. The Labute approximate surface area is 146 Å². The van der Waals surface area contributed by atoms with E-state index in [1.807, 2.05) is 37.3 Å². The molecule has 2 unspecified atom stereocenters. The molecule has 0 saturated carbocycles. The summed E-state index contributed by atoms with van der Waals surface area (Å²) in [5, 5.41) is 3.00. The van der Waals surface area contributed by atoms with E-state index in [9.17, 15) is 4.79 Å². The fourth-order valence-electron chi connectivity index (χ4n) is 2.87. The maximum Gasteiger partial charge on any atom is 0.251 e. The minimum absolute atomic E-state index is 0.153. The van der Waals surface area contributed by atoms with Gasteiger partial charge in [0.05, 0.1) is 30.5 Å². The molecule has 0 bridgehead atoms. The number of fused-ring (bicyclic) bond motifs is 1. The van der Waals surface area contributed by atoms with Crippen LogP contribution in [0.15, 0.2) is 48.8 Å². The zero-order valence-corrected chi connectivity index (χ0v) is 14.4. The van der Waals surface area contributed by atoms with Gasteiger partial charge >= 0.3 is 0 Å². The van der Waals surface area contributed by atoms with E-state index in [-0.39, 0.29) is 18.1 Å². The number of amides is 1. The maximum absolute atomic E-state index is 12.6. The van der Waals surface area contributed by atoms with Crippen LogP contribution >= 0.6 is 0 Å². The molecule has 25 heavy (non-hydrogen) atoms. The largest absolute Gasteiger partial charge is 0.497 e. The number of carbonyl (C=O) groups is 1. The highest BCUT2D eigenvalue weighted by Crippen LogP contribution is 2.23. The highest BCUT2D eigenvalue weighted by Gasteiger charge is 2.21. The van der Waals surface area contributed by atoms with E-state index >= 15 is 0 Å². The Morgan fingerprint density at radius 2 is 1.92 bits per heavy atom. The minimum atomic E-state index is -0.259. The van der Waals surface area contributed by atoms with Gasteiger partial charge in [-0.1, -0.05) is 12.1 Å². The molecule has 6 nitrogen and oxygen atoms in total. The average Bonchev–Trinajstić information content (AvgIpc) is 3.10. The van der Waals surface area contributed by atoms with E-state index < -0.39 is 0 Å². The van der Waals surface area contributed by atoms with Crippen LogP contribution in [0.4, 0.5) is 0 Å². The first kappa shape index (κ1) is 17.0. The SMILES string of the molecule is COc1ccc(C(OC)C(C)NC(=O)c2ccc3nc[nH]c3c2)cc1. The second-order valence-corrected chi connectivity index (χ2v) is 5.83. The molecule has 0 aliphatic heterocycles. The third-order valence-corrected chi connectivity index (χ3v) is 4.19. The van der Waals surface area contributed by atoms with Gasteiger partial charge in [-0.3, -0.25) is 4.79 Å².